The highest BCUT2D eigenvalue weighted by Gasteiger charge is 2.52. The Balaban J connectivity index is 1.72. The van der Waals surface area contributed by atoms with Gasteiger partial charge in [-0.15, -0.1) is 0 Å². The third kappa shape index (κ3) is 2.16. The Morgan fingerprint density at radius 1 is 1.14 bits per heavy atom. The Morgan fingerprint density at radius 2 is 1.90 bits per heavy atom. The fraction of sp³-hybridized carbons (Fsp3) is 0.833. The van der Waals surface area contributed by atoms with Crippen molar-refractivity contribution in [2.75, 3.05) is 13.1 Å². The first-order valence-corrected chi connectivity index (χ1v) is 8.69. The number of nitrogens with zero attached hydrogens (tertiary/aromatic N) is 1. The van der Waals surface area contributed by atoms with Crippen LogP contribution in [-0.4, -0.2) is 29.5 Å². The summed E-state index contributed by atoms with van der Waals surface area (Å²) in [6.45, 7) is 6.75. The maximum Gasteiger partial charge on any atom is 0.163 e. The van der Waals surface area contributed by atoms with E-state index in [0.29, 0.717) is 18.1 Å². The van der Waals surface area contributed by atoms with Crippen LogP contribution in [-0.2, 0) is 9.53 Å². The van der Waals surface area contributed by atoms with E-state index in [1.54, 1.807) is 0 Å². The van der Waals surface area contributed by atoms with Gasteiger partial charge < -0.3 is 4.74 Å². The van der Waals surface area contributed by atoms with Gasteiger partial charge in [0, 0.05) is 44.3 Å². The molecule has 0 aromatic heterocycles. The molecule has 1 saturated heterocycles. The second kappa shape index (κ2) is 4.58. The highest BCUT2D eigenvalue weighted by molar-refractivity contribution is 5.97. The topological polar surface area (TPSA) is 29.5 Å². The van der Waals surface area contributed by atoms with E-state index < -0.39 is 0 Å². The molecule has 3 heteroatoms. The summed E-state index contributed by atoms with van der Waals surface area (Å²) >= 11 is 0. The van der Waals surface area contributed by atoms with Gasteiger partial charge in [-0.1, -0.05) is 13.8 Å². The molecule has 116 valence electrons. The lowest BCUT2D eigenvalue weighted by atomic mass is 9.67. The van der Waals surface area contributed by atoms with Gasteiger partial charge in [0.1, 0.15) is 5.76 Å². The van der Waals surface area contributed by atoms with Crippen molar-refractivity contribution in [3.63, 3.8) is 0 Å². The molecule has 4 rings (SSSR count). The summed E-state index contributed by atoms with van der Waals surface area (Å²) in [7, 11) is 0. The number of fused-ring (bicyclic) bond motifs is 3. The highest BCUT2D eigenvalue weighted by atomic mass is 16.5. The first-order valence-electron chi connectivity index (χ1n) is 8.69. The molecule has 0 aromatic carbocycles. The van der Waals surface area contributed by atoms with Crippen molar-refractivity contribution in [2.45, 2.75) is 70.9 Å². The van der Waals surface area contributed by atoms with Crippen LogP contribution in [0.3, 0.4) is 0 Å². The summed E-state index contributed by atoms with van der Waals surface area (Å²) in [5.74, 6) is 1.88. The van der Waals surface area contributed by atoms with Crippen molar-refractivity contribution < 1.29 is 9.53 Å². The van der Waals surface area contributed by atoms with Gasteiger partial charge in [0.25, 0.3) is 0 Å². The molecular formula is C18H27NO2. The van der Waals surface area contributed by atoms with Gasteiger partial charge in [-0.3, -0.25) is 9.69 Å². The molecule has 2 fully saturated rings. The first-order chi connectivity index (χ1) is 9.99. The summed E-state index contributed by atoms with van der Waals surface area (Å²) in [5, 5.41) is 0. The van der Waals surface area contributed by atoms with Crippen molar-refractivity contribution in [2.24, 2.45) is 11.3 Å². The molecular weight excluding hydrogens is 262 g/mol. The fourth-order valence-electron chi connectivity index (χ4n) is 5.08. The van der Waals surface area contributed by atoms with Crippen LogP contribution in [0.1, 0.15) is 65.2 Å². The van der Waals surface area contributed by atoms with E-state index >= 15 is 0 Å². The zero-order chi connectivity index (χ0) is 14.7. The molecule has 4 aliphatic rings. The van der Waals surface area contributed by atoms with E-state index in [2.05, 4.69) is 18.7 Å². The largest absolute Gasteiger partial charge is 0.476 e. The van der Waals surface area contributed by atoms with Gasteiger partial charge >= 0.3 is 0 Å². The lowest BCUT2D eigenvalue weighted by Crippen LogP contribution is -2.56. The first kappa shape index (κ1) is 13.8. The van der Waals surface area contributed by atoms with Crippen molar-refractivity contribution in [1.82, 2.24) is 4.90 Å². The molecule has 1 saturated carbocycles. The van der Waals surface area contributed by atoms with Crippen LogP contribution in [0, 0.1) is 11.3 Å². The number of carbonyl (C=O) groups excluding carboxylic acids is 1. The molecule has 0 unspecified atom stereocenters. The Hall–Kier alpha value is -0.830. The van der Waals surface area contributed by atoms with E-state index in [0.717, 1.165) is 30.6 Å². The van der Waals surface area contributed by atoms with Gasteiger partial charge in [-0.2, -0.15) is 0 Å². The second-order valence-electron chi connectivity index (χ2n) is 8.31. The average Bonchev–Trinajstić information content (AvgIpc) is 2.90. The van der Waals surface area contributed by atoms with Crippen LogP contribution in [0.25, 0.3) is 0 Å². The quantitative estimate of drug-likeness (QED) is 0.738. The maximum atomic E-state index is 12.6. The average molecular weight is 289 g/mol. The molecule has 3 nitrogen and oxygen atoms in total. The van der Waals surface area contributed by atoms with Gasteiger partial charge in [-0.05, 0) is 37.0 Å². The summed E-state index contributed by atoms with van der Waals surface area (Å²) in [6, 6.07) is 0. The standard InChI is InChI=1S/C18H27NO2/c1-17(2)11-14(20)16-13-6-5-7-18(10-13,21-15(16)12-17)19-8-3-4-9-19/h13H,3-12H2,1-2H3/t13-,18-/m0/s1. The molecule has 0 N–H and O–H groups in total. The lowest BCUT2D eigenvalue weighted by Gasteiger charge is -2.53. The maximum absolute atomic E-state index is 12.6. The van der Waals surface area contributed by atoms with E-state index in [-0.39, 0.29) is 11.1 Å². The Morgan fingerprint density at radius 3 is 2.67 bits per heavy atom. The fourth-order valence-corrected chi connectivity index (χ4v) is 5.08. The Kier molecular flexibility index (Phi) is 3.01. The second-order valence-corrected chi connectivity index (χ2v) is 8.31. The SMILES string of the molecule is CC1(C)CC(=O)C2=C(C1)O[C@@]1(N3CCCC3)CCC[C@H]2C1. The summed E-state index contributed by atoms with van der Waals surface area (Å²) in [5.41, 5.74) is 1.06. The van der Waals surface area contributed by atoms with Crippen molar-refractivity contribution in [3.8, 4) is 0 Å². The van der Waals surface area contributed by atoms with Crippen LogP contribution < -0.4 is 0 Å². The third-order valence-electron chi connectivity index (χ3n) is 5.97. The Bertz CT molecular complexity index is 501. The monoisotopic (exact) mass is 289 g/mol. The van der Waals surface area contributed by atoms with E-state index in [4.69, 9.17) is 4.74 Å². The van der Waals surface area contributed by atoms with Crippen LogP contribution in [0.4, 0.5) is 0 Å². The van der Waals surface area contributed by atoms with Crippen LogP contribution in [0.15, 0.2) is 11.3 Å². The zero-order valence-corrected chi connectivity index (χ0v) is 13.4. The number of ether oxygens (including phenoxy) is 1. The predicted molar refractivity (Wildman–Crippen MR) is 81.6 cm³/mol. The summed E-state index contributed by atoms with van der Waals surface area (Å²) < 4.78 is 6.62. The van der Waals surface area contributed by atoms with E-state index in [1.807, 2.05) is 0 Å². The van der Waals surface area contributed by atoms with E-state index in [1.165, 1.54) is 38.8 Å². The van der Waals surface area contributed by atoms with Gasteiger partial charge in [-0.25, -0.2) is 0 Å². The van der Waals surface area contributed by atoms with Gasteiger partial charge in [0.2, 0.25) is 0 Å². The number of hydrogen-bond acceptors (Lipinski definition) is 3. The van der Waals surface area contributed by atoms with Crippen LogP contribution in [0.5, 0.6) is 0 Å². The molecule has 0 aromatic rings. The number of rotatable bonds is 1. The number of allylic oxidation sites excluding steroid dienone is 2. The zero-order valence-electron chi connectivity index (χ0n) is 13.4. The molecule has 0 spiro atoms. The summed E-state index contributed by atoms with van der Waals surface area (Å²) in [6.07, 6.45) is 8.83. The minimum Gasteiger partial charge on any atom is -0.476 e. The van der Waals surface area contributed by atoms with Crippen molar-refractivity contribution in [3.05, 3.63) is 11.3 Å². The molecule has 2 heterocycles. The predicted octanol–water partition coefficient (Wildman–Crippen LogP) is 3.64. The summed E-state index contributed by atoms with van der Waals surface area (Å²) in [4.78, 5) is 15.2. The minimum atomic E-state index is -0.0774. The van der Waals surface area contributed by atoms with Gasteiger partial charge in [0.15, 0.2) is 11.5 Å². The Labute approximate surface area is 127 Å². The number of hydrogen-bond donors (Lipinski definition) is 0. The number of carbonyl (C=O) groups is 1. The molecule has 0 radical (unpaired) electrons. The molecule has 2 aliphatic heterocycles. The third-order valence-corrected chi connectivity index (χ3v) is 5.97. The molecule has 2 aliphatic carbocycles. The lowest BCUT2D eigenvalue weighted by molar-refractivity contribution is -0.170. The highest BCUT2D eigenvalue weighted by Crippen LogP contribution is 2.52. The smallest absolute Gasteiger partial charge is 0.163 e. The van der Waals surface area contributed by atoms with Crippen LogP contribution in [0.2, 0.25) is 0 Å². The van der Waals surface area contributed by atoms with Crippen molar-refractivity contribution >= 4 is 5.78 Å². The van der Waals surface area contributed by atoms with Gasteiger partial charge in [0.05, 0.1) is 0 Å². The van der Waals surface area contributed by atoms with Crippen molar-refractivity contribution in [1.29, 1.82) is 0 Å². The van der Waals surface area contributed by atoms with Crippen LogP contribution >= 0.6 is 0 Å². The number of Topliss-reactive ketones (excluding diaryl/α,β-unsaturated/α-hetero) is 1. The number of likely N-dealkylation sites (tertiary alicyclic amines) is 1. The number of ketones is 1. The molecule has 2 bridgehead atoms. The molecule has 2 atom stereocenters. The van der Waals surface area contributed by atoms with E-state index in [9.17, 15) is 4.79 Å². The normalized spacial score (nSPS) is 39.1. The minimum absolute atomic E-state index is 0.0632. The molecule has 21 heavy (non-hydrogen) atoms. The molecule has 0 amide bonds.